The minimum absolute atomic E-state index is 0.183. The molecule has 5 nitrogen and oxygen atoms in total. The molecule has 0 aliphatic carbocycles. The van der Waals surface area contributed by atoms with E-state index in [1.165, 1.54) is 17.3 Å². The van der Waals surface area contributed by atoms with E-state index in [-0.39, 0.29) is 11.7 Å². The van der Waals surface area contributed by atoms with Crippen LogP contribution >= 0.6 is 11.8 Å². The minimum Gasteiger partial charge on any atom is -0.272 e. The zero-order chi connectivity index (χ0) is 17.5. The third-order valence-electron chi connectivity index (χ3n) is 3.30. The number of amides is 1. The van der Waals surface area contributed by atoms with Crippen molar-refractivity contribution in [1.29, 1.82) is 0 Å². The van der Waals surface area contributed by atoms with Gasteiger partial charge in [0.05, 0.1) is 12.0 Å². The van der Waals surface area contributed by atoms with E-state index in [0.29, 0.717) is 11.1 Å². The van der Waals surface area contributed by atoms with E-state index in [1.54, 1.807) is 6.21 Å². The highest BCUT2D eigenvalue weighted by Crippen LogP contribution is 2.14. The maximum atomic E-state index is 11.8. The van der Waals surface area contributed by atoms with E-state index in [1.807, 2.05) is 32.0 Å². The summed E-state index contributed by atoms with van der Waals surface area (Å²) in [4.78, 5) is 20.4. The van der Waals surface area contributed by atoms with Crippen LogP contribution in [0.15, 0.2) is 40.6 Å². The smallest absolute Gasteiger partial charge is 0.250 e. The molecule has 126 valence electrons. The molecule has 0 saturated heterocycles. The molecule has 0 fully saturated rings. The van der Waals surface area contributed by atoms with Crippen molar-refractivity contribution in [1.82, 2.24) is 15.4 Å². The van der Waals surface area contributed by atoms with E-state index >= 15 is 0 Å². The normalized spacial score (nSPS) is 11.2. The number of hydrogen-bond donors (Lipinski definition) is 1. The number of nitrogens with one attached hydrogen (secondary N) is 1. The number of carbonyl (C=O) groups excluding carboxylic acids is 1. The van der Waals surface area contributed by atoms with Gasteiger partial charge in [-0.2, -0.15) is 5.10 Å². The molecular formula is C18H22N4OS. The average Bonchev–Trinajstić information content (AvgIpc) is 2.52. The Kier molecular flexibility index (Phi) is 6.49. The second-order valence-electron chi connectivity index (χ2n) is 5.84. The molecule has 2 aromatic rings. The van der Waals surface area contributed by atoms with Gasteiger partial charge in [-0.15, -0.1) is 0 Å². The Morgan fingerprint density at radius 1 is 1.21 bits per heavy atom. The van der Waals surface area contributed by atoms with Gasteiger partial charge in [-0.05, 0) is 37.0 Å². The molecule has 0 aliphatic heterocycles. The number of thioether (sulfide) groups is 1. The number of carbonyl (C=O) groups is 1. The molecule has 0 radical (unpaired) electrons. The lowest BCUT2D eigenvalue weighted by Gasteiger charge is -2.04. The van der Waals surface area contributed by atoms with Gasteiger partial charge in [0.1, 0.15) is 0 Å². The third kappa shape index (κ3) is 5.77. The maximum Gasteiger partial charge on any atom is 0.250 e. The first-order valence-corrected chi connectivity index (χ1v) is 8.79. The van der Waals surface area contributed by atoms with Crippen molar-refractivity contribution in [3.8, 4) is 0 Å². The highest BCUT2D eigenvalue weighted by Gasteiger charge is 2.05. The number of rotatable bonds is 6. The number of nitrogens with zero attached hydrogens (tertiary/aromatic N) is 3. The Bertz CT molecular complexity index is 706. The second kappa shape index (κ2) is 8.59. The molecule has 0 unspecified atom stereocenters. The second-order valence-corrected chi connectivity index (χ2v) is 6.78. The molecule has 2 rings (SSSR count). The summed E-state index contributed by atoms with van der Waals surface area (Å²) in [5.41, 5.74) is 6.54. The fourth-order valence-corrected chi connectivity index (χ4v) is 2.81. The van der Waals surface area contributed by atoms with Crippen LogP contribution in [-0.4, -0.2) is 27.8 Å². The summed E-state index contributed by atoms with van der Waals surface area (Å²) >= 11 is 1.30. The fraction of sp³-hybridized carbons (Fsp3) is 0.333. The average molecular weight is 342 g/mol. The number of hydrazone groups is 1. The zero-order valence-electron chi connectivity index (χ0n) is 14.4. The van der Waals surface area contributed by atoms with E-state index in [2.05, 4.69) is 46.5 Å². The summed E-state index contributed by atoms with van der Waals surface area (Å²) in [6.45, 7) is 8.13. The van der Waals surface area contributed by atoms with Crippen molar-refractivity contribution in [3.05, 3.63) is 52.8 Å². The molecule has 0 saturated carbocycles. The first-order chi connectivity index (χ1) is 11.4. The van der Waals surface area contributed by atoms with Crippen molar-refractivity contribution in [2.75, 3.05) is 5.75 Å². The highest BCUT2D eigenvalue weighted by atomic mass is 32.2. The van der Waals surface area contributed by atoms with Gasteiger partial charge < -0.3 is 0 Å². The number of aromatic nitrogens is 2. The van der Waals surface area contributed by atoms with Crippen LogP contribution in [0.2, 0.25) is 0 Å². The maximum absolute atomic E-state index is 11.8. The standard InChI is InChI=1S/C18H22N4OS/c1-12(2)16-7-5-15(6-8-16)10-19-22-17(23)11-24-18-20-13(3)9-14(4)21-18/h5-10,12H,11H2,1-4H3,(H,22,23)/b19-10+. The predicted octanol–water partition coefficient (Wildman–Crippen LogP) is 3.46. The number of hydrogen-bond acceptors (Lipinski definition) is 5. The Hall–Kier alpha value is -2.21. The summed E-state index contributed by atoms with van der Waals surface area (Å²) in [6, 6.07) is 10.0. The summed E-state index contributed by atoms with van der Waals surface area (Å²) in [5.74, 6) is 0.546. The van der Waals surface area contributed by atoms with Gasteiger partial charge in [0.25, 0.3) is 5.91 Å². The van der Waals surface area contributed by atoms with E-state index in [9.17, 15) is 4.79 Å². The van der Waals surface area contributed by atoms with Crippen LogP contribution in [0.1, 0.15) is 42.3 Å². The van der Waals surface area contributed by atoms with Crippen LogP contribution in [-0.2, 0) is 4.79 Å². The van der Waals surface area contributed by atoms with Crippen LogP contribution in [0.3, 0.4) is 0 Å². The van der Waals surface area contributed by atoms with Gasteiger partial charge in [0.15, 0.2) is 5.16 Å². The van der Waals surface area contributed by atoms with Crippen LogP contribution in [0.25, 0.3) is 0 Å². The predicted molar refractivity (Wildman–Crippen MR) is 98.5 cm³/mol. The summed E-state index contributed by atoms with van der Waals surface area (Å²) in [7, 11) is 0. The van der Waals surface area contributed by atoms with E-state index < -0.39 is 0 Å². The van der Waals surface area contributed by atoms with Crippen molar-refractivity contribution in [2.45, 2.75) is 38.8 Å². The molecule has 0 bridgehead atoms. The van der Waals surface area contributed by atoms with Gasteiger partial charge in [-0.25, -0.2) is 15.4 Å². The molecule has 0 aliphatic rings. The molecule has 1 aromatic heterocycles. The summed E-state index contributed by atoms with van der Waals surface area (Å²) in [6.07, 6.45) is 1.64. The molecule has 6 heteroatoms. The molecule has 1 amide bonds. The number of aryl methyl sites for hydroxylation is 2. The van der Waals surface area contributed by atoms with Crippen molar-refractivity contribution >= 4 is 23.9 Å². The van der Waals surface area contributed by atoms with Crippen LogP contribution < -0.4 is 5.43 Å². The van der Waals surface area contributed by atoms with Crippen LogP contribution in [0.5, 0.6) is 0 Å². The van der Waals surface area contributed by atoms with Gasteiger partial charge in [-0.1, -0.05) is 49.9 Å². The van der Waals surface area contributed by atoms with Gasteiger partial charge in [0, 0.05) is 11.4 Å². The molecule has 1 heterocycles. The lowest BCUT2D eigenvalue weighted by molar-refractivity contribution is -0.118. The lowest BCUT2D eigenvalue weighted by Crippen LogP contribution is -2.19. The molecule has 1 aromatic carbocycles. The Morgan fingerprint density at radius 2 is 1.83 bits per heavy atom. The van der Waals surface area contributed by atoms with Crippen molar-refractivity contribution < 1.29 is 4.79 Å². The van der Waals surface area contributed by atoms with Crippen molar-refractivity contribution in [2.24, 2.45) is 5.10 Å². The van der Waals surface area contributed by atoms with Gasteiger partial charge in [-0.3, -0.25) is 4.79 Å². The third-order valence-corrected chi connectivity index (χ3v) is 4.15. The van der Waals surface area contributed by atoms with Crippen LogP contribution in [0.4, 0.5) is 0 Å². The Labute approximate surface area is 147 Å². The fourth-order valence-electron chi connectivity index (χ4n) is 2.07. The molecule has 0 atom stereocenters. The first-order valence-electron chi connectivity index (χ1n) is 7.81. The zero-order valence-corrected chi connectivity index (χ0v) is 15.2. The molecule has 0 spiro atoms. The van der Waals surface area contributed by atoms with Crippen LogP contribution in [0, 0.1) is 13.8 Å². The molecular weight excluding hydrogens is 320 g/mol. The van der Waals surface area contributed by atoms with Crippen molar-refractivity contribution in [3.63, 3.8) is 0 Å². The van der Waals surface area contributed by atoms with Gasteiger partial charge in [0.2, 0.25) is 0 Å². The number of benzene rings is 1. The molecule has 24 heavy (non-hydrogen) atoms. The first kappa shape index (κ1) is 18.1. The summed E-state index contributed by atoms with van der Waals surface area (Å²) in [5, 5.41) is 4.59. The Balaban J connectivity index is 1.82. The minimum atomic E-state index is -0.183. The van der Waals surface area contributed by atoms with E-state index in [0.717, 1.165) is 17.0 Å². The Morgan fingerprint density at radius 3 is 2.42 bits per heavy atom. The molecule has 1 N–H and O–H groups in total. The van der Waals surface area contributed by atoms with E-state index in [4.69, 9.17) is 0 Å². The summed E-state index contributed by atoms with van der Waals surface area (Å²) < 4.78 is 0. The lowest BCUT2D eigenvalue weighted by atomic mass is 10.0. The quantitative estimate of drug-likeness (QED) is 0.378. The largest absolute Gasteiger partial charge is 0.272 e. The topological polar surface area (TPSA) is 67.2 Å². The monoisotopic (exact) mass is 342 g/mol. The van der Waals surface area contributed by atoms with Gasteiger partial charge >= 0.3 is 0 Å². The highest BCUT2D eigenvalue weighted by molar-refractivity contribution is 7.99. The SMILES string of the molecule is Cc1cc(C)nc(SCC(=O)N/N=C/c2ccc(C(C)C)cc2)n1.